The molecule has 0 saturated carbocycles. The van der Waals surface area contributed by atoms with Gasteiger partial charge in [-0.1, -0.05) is 0 Å². The number of rotatable bonds is 8. The molecular formula is C14H28N2O10S. The lowest BCUT2D eigenvalue weighted by Gasteiger charge is -2.29. The maximum Gasteiger partial charge on any atom is 0.394 e. The van der Waals surface area contributed by atoms with E-state index < -0.39 is 41.4 Å². The van der Waals surface area contributed by atoms with Gasteiger partial charge in [-0.25, -0.2) is 0 Å². The van der Waals surface area contributed by atoms with E-state index >= 15 is 0 Å². The number of anilines is 2. The van der Waals surface area contributed by atoms with Crippen LogP contribution in [0.2, 0.25) is 0 Å². The molecule has 0 bridgehead atoms. The van der Waals surface area contributed by atoms with Gasteiger partial charge in [0.05, 0.1) is 25.5 Å². The zero-order valence-electron chi connectivity index (χ0n) is 14.7. The number of hydrogen-bond donors (Lipinski definition) is 8. The molecule has 0 fully saturated rings. The maximum atomic E-state index is 9.94. The van der Waals surface area contributed by atoms with Crippen molar-refractivity contribution in [1.29, 1.82) is 0 Å². The van der Waals surface area contributed by atoms with Crippen LogP contribution in [0.1, 0.15) is 1.43 Å². The summed E-state index contributed by atoms with van der Waals surface area (Å²) in [7, 11) is -1.50. The fourth-order valence-electron chi connectivity index (χ4n) is 1.99. The average Bonchev–Trinajstić information content (AvgIpc) is 2.58. The molecule has 1 aromatic rings. The summed E-state index contributed by atoms with van der Waals surface area (Å²) in [6.07, 6.45) is -6.09. The fourth-order valence-corrected chi connectivity index (χ4v) is 1.99. The second-order valence-electron chi connectivity index (χ2n) is 5.55. The summed E-state index contributed by atoms with van der Waals surface area (Å²) in [5.41, 5.74) is 6.88. The lowest BCUT2D eigenvalue weighted by atomic mass is 10.0. The van der Waals surface area contributed by atoms with Crippen LogP contribution in [0.3, 0.4) is 0 Å². The monoisotopic (exact) mass is 416 g/mol. The normalized spacial score (nSPS) is 15.7. The number of ether oxygens (including phenoxy) is 1. The lowest BCUT2D eigenvalue weighted by Crippen LogP contribution is -2.49. The van der Waals surface area contributed by atoms with Crippen molar-refractivity contribution in [3.05, 3.63) is 18.2 Å². The molecule has 0 saturated heterocycles. The van der Waals surface area contributed by atoms with E-state index in [1.54, 1.807) is 30.1 Å². The van der Waals surface area contributed by atoms with E-state index in [9.17, 15) is 20.4 Å². The van der Waals surface area contributed by atoms with E-state index in [1.807, 2.05) is 0 Å². The Hall–Kier alpha value is -1.71. The van der Waals surface area contributed by atoms with Gasteiger partial charge in [0, 0.05) is 26.8 Å². The average molecular weight is 416 g/mol. The third-order valence-corrected chi connectivity index (χ3v) is 3.44. The molecular weight excluding hydrogens is 388 g/mol. The third-order valence-electron chi connectivity index (χ3n) is 3.44. The largest absolute Gasteiger partial charge is 0.495 e. The molecule has 0 spiro atoms. The number of nitrogens with two attached hydrogens (primary N) is 1. The highest BCUT2D eigenvalue weighted by molar-refractivity contribution is 7.79. The summed E-state index contributed by atoms with van der Waals surface area (Å²) in [6, 6.07) is 5.04. The highest BCUT2D eigenvalue weighted by atomic mass is 32.3. The maximum absolute atomic E-state index is 9.94. The van der Waals surface area contributed by atoms with Gasteiger partial charge in [0.1, 0.15) is 24.1 Å². The molecule has 0 heterocycles. The van der Waals surface area contributed by atoms with Crippen LogP contribution in [-0.2, 0) is 10.4 Å². The minimum atomic E-state index is -4.67. The molecule has 0 aliphatic rings. The second-order valence-corrected chi connectivity index (χ2v) is 6.45. The van der Waals surface area contributed by atoms with Crippen LogP contribution in [0, 0.1) is 0 Å². The van der Waals surface area contributed by atoms with Crippen molar-refractivity contribution < 1.29 is 49.2 Å². The Kier molecular flexibility index (Phi) is 10.5. The van der Waals surface area contributed by atoms with Gasteiger partial charge in [-0.15, -0.1) is 0 Å². The lowest BCUT2D eigenvalue weighted by molar-refractivity contribution is -0.112. The molecule has 160 valence electrons. The van der Waals surface area contributed by atoms with Gasteiger partial charge in [0.15, 0.2) is 0 Å². The SMILES string of the molecule is COc1cc(N(C)CC(O)C(O)C(O)C(O)CO)ccc1N.O=S(=O)(O)O.[HH]. The second kappa shape index (κ2) is 11.2. The first-order chi connectivity index (χ1) is 12.3. The molecule has 0 radical (unpaired) electrons. The van der Waals surface area contributed by atoms with Crippen LogP contribution >= 0.6 is 0 Å². The Morgan fingerprint density at radius 2 is 1.63 bits per heavy atom. The standard InChI is InChI=1S/C14H24N2O6.H2O4S.H2/c1-16(8-3-4-9(15)12(5-8)22-2)6-10(18)13(20)14(21)11(19)7-17;1-5(2,3)4;/h3-5,10-11,13-14,17-21H,6-7,15H2,1-2H3;(H2,1,2,3,4);1H. The molecule has 4 unspecified atom stereocenters. The Morgan fingerprint density at radius 3 is 2.07 bits per heavy atom. The van der Waals surface area contributed by atoms with E-state index in [4.69, 9.17) is 33.1 Å². The number of nitrogens with zero attached hydrogens (tertiary/aromatic N) is 1. The molecule has 13 heteroatoms. The van der Waals surface area contributed by atoms with Crippen molar-refractivity contribution in [1.82, 2.24) is 0 Å². The van der Waals surface area contributed by atoms with Gasteiger partial charge < -0.3 is 40.9 Å². The van der Waals surface area contributed by atoms with Crippen LogP contribution in [0.5, 0.6) is 5.75 Å². The summed E-state index contributed by atoms with van der Waals surface area (Å²) >= 11 is 0. The quantitative estimate of drug-likeness (QED) is 0.166. The molecule has 0 aliphatic heterocycles. The molecule has 9 N–H and O–H groups in total. The van der Waals surface area contributed by atoms with E-state index in [0.717, 1.165) is 0 Å². The Balaban J connectivity index is 0. The van der Waals surface area contributed by atoms with Gasteiger partial charge in [-0.3, -0.25) is 9.11 Å². The third kappa shape index (κ3) is 9.69. The summed E-state index contributed by atoms with van der Waals surface area (Å²) < 4.78 is 36.7. The predicted molar refractivity (Wildman–Crippen MR) is 98.1 cm³/mol. The molecule has 4 atom stereocenters. The number of hydrogen-bond acceptors (Lipinski definition) is 10. The Bertz CT molecular complexity index is 670. The minimum Gasteiger partial charge on any atom is -0.495 e. The number of nitrogen functional groups attached to an aromatic ring is 1. The molecule has 0 amide bonds. The topological polar surface area (TPSA) is 214 Å². The van der Waals surface area contributed by atoms with Gasteiger partial charge in [0.25, 0.3) is 0 Å². The molecule has 12 nitrogen and oxygen atoms in total. The first-order valence-corrected chi connectivity index (χ1v) is 8.89. The summed E-state index contributed by atoms with van der Waals surface area (Å²) in [5.74, 6) is 0.482. The highest BCUT2D eigenvalue weighted by Crippen LogP contribution is 2.27. The fraction of sp³-hybridized carbons (Fsp3) is 0.571. The van der Waals surface area contributed by atoms with Crippen molar-refractivity contribution in [2.75, 3.05) is 37.9 Å². The number of benzene rings is 1. The van der Waals surface area contributed by atoms with Gasteiger partial charge in [-0.05, 0) is 12.1 Å². The molecule has 0 aromatic heterocycles. The first kappa shape index (κ1) is 25.3. The molecule has 1 aromatic carbocycles. The number of likely N-dealkylation sites (N-methyl/N-ethyl adjacent to an activating group) is 1. The molecule has 1 rings (SSSR count). The van der Waals surface area contributed by atoms with Crippen LogP contribution in [0.15, 0.2) is 18.2 Å². The predicted octanol–water partition coefficient (Wildman–Crippen LogP) is -2.26. The smallest absolute Gasteiger partial charge is 0.394 e. The number of aliphatic hydroxyl groups is 5. The van der Waals surface area contributed by atoms with Crippen molar-refractivity contribution in [3.8, 4) is 5.75 Å². The van der Waals surface area contributed by atoms with Crippen molar-refractivity contribution in [2.45, 2.75) is 24.4 Å². The number of aliphatic hydroxyl groups excluding tert-OH is 5. The van der Waals surface area contributed by atoms with Crippen molar-refractivity contribution >= 4 is 21.8 Å². The zero-order valence-corrected chi connectivity index (χ0v) is 15.6. The highest BCUT2D eigenvalue weighted by Gasteiger charge is 2.30. The van der Waals surface area contributed by atoms with Gasteiger partial charge in [0.2, 0.25) is 0 Å². The van der Waals surface area contributed by atoms with Crippen LogP contribution in [0.4, 0.5) is 11.4 Å². The first-order valence-electron chi connectivity index (χ1n) is 7.49. The molecule has 0 aliphatic carbocycles. The van der Waals surface area contributed by atoms with Crippen LogP contribution in [0.25, 0.3) is 0 Å². The summed E-state index contributed by atoms with van der Waals surface area (Å²) in [5, 5.41) is 47.3. The van der Waals surface area contributed by atoms with Gasteiger partial charge in [-0.2, -0.15) is 8.42 Å². The Labute approximate surface area is 158 Å². The van der Waals surface area contributed by atoms with Crippen LogP contribution in [-0.4, -0.2) is 94.8 Å². The van der Waals surface area contributed by atoms with Gasteiger partial charge >= 0.3 is 10.4 Å². The summed E-state index contributed by atoms with van der Waals surface area (Å²) in [6.45, 7) is -0.723. The Morgan fingerprint density at radius 1 is 1.15 bits per heavy atom. The van der Waals surface area contributed by atoms with E-state index in [-0.39, 0.29) is 7.97 Å². The van der Waals surface area contributed by atoms with E-state index in [2.05, 4.69) is 0 Å². The minimum absolute atomic E-state index is 0. The van der Waals surface area contributed by atoms with E-state index in [0.29, 0.717) is 17.1 Å². The molecule has 27 heavy (non-hydrogen) atoms. The number of methoxy groups -OCH3 is 1. The van der Waals surface area contributed by atoms with Crippen LogP contribution < -0.4 is 15.4 Å². The summed E-state index contributed by atoms with van der Waals surface area (Å²) in [4.78, 5) is 1.63. The zero-order chi connectivity index (χ0) is 21.4. The van der Waals surface area contributed by atoms with Crippen molar-refractivity contribution in [3.63, 3.8) is 0 Å². The van der Waals surface area contributed by atoms with E-state index in [1.165, 1.54) is 7.11 Å². The van der Waals surface area contributed by atoms with Crippen molar-refractivity contribution in [2.24, 2.45) is 0 Å².